The lowest BCUT2D eigenvalue weighted by Crippen LogP contribution is -2.59. The zero-order valence-electron chi connectivity index (χ0n) is 16.1. The Bertz CT molecular complexity index is 739. The number of ketones is 1. The van der Waals surface area contributed by atoms with Crippen LogP contribution in [0.3, 0.4) is 0 Å². The van der Waals surface area contributed by atoms with Crippen LogP contribution < -0.4 is 0 Å². The fraction of sp³-hybridized carbons (Fsp3) is 0.727. The van der Waals surface area contributed by atoms with Crippen LogP contribution in [0, 0.1) is 28.6 Å². The van der Waals surface area contributed by atoms with Gasteiger partial charge in [0.25, 0.3) is 0 Å². The highest BCUT2D eigenvalue weighted by Gasteiger charge is 2.65. The van der Waals surface area contributed by atoms with Crippen LogP contribution in [0.4, 0.5) is 0 Å². The third-order valence-corrected chi connectivity index (χ3v) is 8.53. The molecular weight excluding hydrogens is 344 g/mol. The summed E-state index contributed by atoms with van der Waals surface area (Å²) in [5.74, 6) is -0.326. The highest BCUT2D eigenvalue weighted by molar-refractivity contribution is 5.92. The Labute approximate surface area is 160 Å². The predicted molar refractivity (Wildman–Crippen MR) is 99.8 cm³/mol. The zero-order chi connectivity index (χ0) is 19.6. The highest BCUT2D eigenvalue weighted by Crippen LogP contribution is 2.66. The Morgan fingerprint density at radius 1 is 1.30 bits per heavy atom. The molecule has 0 saturated heterocycles. The average Bonchev–Trinajstić information content (AvgIpc) is 2.85. The van der Waals surface area contributed by atoms with E-state index in [9.17, 15) is 19.8 Å². The van der Waals surface area contributed by atoms with Gasteiger partial charge in [-0.2, -0.15) is 0 Å². The van der Waals surface area contributed by atoms with Crippen LogP contribution in [-0.2, 0) is 9.59 Å². The molecule has 7 atom stereocenters. The third-order valence-electron chi connectivity index (χ3n) is 8.53. The molecule has 0 spiro atoms. The number of hydrogen-bond acceptors (Lipinski definition) is 4. The van der Waals surface area contributed by atoms with Crippen LogP contribution in [0.15, 0.2) is 23.8 Å². The van der Waals surface area contributed by atoms with Gasteiger partial charge in [0.15, 0.2) is 5.78 Å². The van der Waals surface area contributed by atoms with E-state index in [0.717, 1.165) is 18.4 Å². The van der Waals surface area contributed by atoms with Gasteiger partial charge in [-0.3, -0.25) is 9.59 Å². The summed E-state index contributed by atoms with van der Waals surface area (Å²) in [4.78, 5) is 23.0. The van der Waals surface area contributed by atoms with Gasteiger partial charge in [-0.25, -0.2) is 0 Å². The number of rotatable bonds is 3. The summed E-state index contributed by atoms with van der Waals surface area (Å²) < 4.78 is 0. The minimum absolute atomic E-state index is 0.0433. The first kappa shape index (κ1) is 18.9. The summed E-state index contributed by atoms with van der Waals surface area (Å²) >= 11 is 0. The van der Waals surface area contributed by atoms with Crippen molar-refractivity contribution in [3.05, 3.63) is 23.8 Å². The molecule has 0 heterocycles. The lowest BCUT2D eigenvalue weighted by Gasteiger charge is -2.59. The minimum atomic E-state index is -1.05. The van der Waals surface area contributed by atoms with Gasteiger partial charge in [0.1, 0.15) is 0 Å². The van der Waals surface area contributed by atoms with Gasteiger partial charge in [-0.1, -0.05) is 26.0 Å². The molecule has 5 nitrogen and oxygen atoms in total. The van der Waals surface area contributed by atoms with Gasteiger partial charge < -0.3 is 15.3 Å². The highest BCUT2D eigenvalue weighted by atomic mass is 16.4. The summed E-state index contributed by atoms with van der Waals surface area (Å²) in [6, 6.07) is 0. The van der Waals surface area contributed by atoms with Crippen LogP contribution in [0.5, 0.6) is 0 Å². The molecule has 148 valence electrons. The topological polar surface area (TPSA) is 94.8 Å². The molecule has 4 aliphatic carbocycles. The van der Waals surface area contributed by atoms with Crippen molar-refractivity contribution in [3.63, 3.8) is 0 Å². The number of carbonyl (C=O) groups is 2. The number of allylic oxidation sites excluding steroid dienone is 4. The maximum atomic E-state index is 11.9. The molecule has 0 aromatic carbocycles. The maximum Gasteiger partial charge on any atom is 0.303 e. The zero-order valence-corrected chi connectivity index (χ0v) is 16.1. The van der Waals surface area contributed by atoms with Crippen molar-refractivity contribution in [1.29, 1.82) is 0 Å². The van der Waals surface area contributed by atoms with E-state index in [1.54, 1.807) is 6.08 Å². The van der Waals surface area contributed by atoms with E-state index >= 15 is 0 Å². The molecule has 5 heteroatoms. The van der Waals surface area contributed by atoms with Crippen molar-refractivity contribution in [2.75, 3.05) is 0 Å². The fourth-order valence-corrected chi connectivity index (χ4v) is 6.95. The number of fused-ring (bicyclic) bond motifs is 5. The molecule has 0 radical (unpaired) electrons. The molecular formula is C22H30O5. The minimum Gasteiger partial charge on any atom is -0.481 e. The van der Waals surface area contributed by atoms with E-state index in [-0.39, 0.29) is 41.8 Å². The quantitative estimate of drug-likeness (QED) is 0.706. The van der Waals surface area contributed by atoms with E-state index in [1.165, 1.54) is 0 Å². The Kier molecular flexibility index (Phi) is 4.21. The number of carboxylic acids is 1. The second-order valence-corrected chi connectivity index (χ2v) is 9.71. The Morgan fingerprint density at radius 3 is 2.74 bits per heavy atom. The Balaban J connectivity index is 1.71. The average molecular weight is 374 g/mol. The van der Waals surface area contributed by atoms with Crippen molar-refractivity contribution in [2.24, 2.45) is 28.6 Å². The van der Waals surface area contributed by atoms with E-state index in [4.69, 9.17) is 5.11 Å². The summed E-state index contributed by atoms with van der Waals surface area (Å²) in [5, 5.41) is 31.7. The number of hydrogen-bond donors (Lipinski definition) is 3. The normalized spacial score (nSPS) is 48.4. The van der Waals surface area contributed by atoms with Crippen LogP contribution in [0.2, 0.25) is 0 Å². The number of aliphatic hydroxyl groups excluding tert-OH is 1. The second-order valence-electron chi connectivity index (χ2n) is 9.71. The lowest BCUT2D eigenvalue weighted by molar-refractivity contribution is -0.162. The third kappa shape index (κ3) is 2.58. The first-order chi connectivity index (χ1) is 12.6. The molecule has 4 rings (SSSR count). The van der Waals surface area contributed by atoms with Crippen LogP contribution in [-0.4, -0.2) is 38.8 Å². The van der Waals surface area contributed by atoms with E-state index in [2.05, 4.69) is 19.1 Å². The van der Waals surface area contributed by atoms with Crippen molar-refractivity contribution >= 4 is 11.8 Å². The molecule has 27 heavy (non-hydrogen) atoms. The first-order valence-corrected chi connectivity index (χ1v) is 10.2. The molecule has 0 bridgehead atoms. The number of aliphatic carboxylic acids is 1. The monoisotopic (exact) mass is 374 g/mol. The molecule has 0 amide bonds. The standard InChI is InChI=1S/C22H30O5/c1-20-8-5-14(23)11-13(20)3-4-15-16-6-9-22(27,10-7-18(25)26)21(16,2)12-17(24)19(15)20/h3-4,11,15-17,19,24,27H,5-10,12H2,1-2H3,(H,25,26)/t15-,16-,17+,19+,20-,21-,22+/m0/s1. The van der Waals surface area contributed by atoms with Gasteiger partial charge in [-0.15, -0.1) is 0 Å². The van der Waals surface area contributed by atoms with Gasteiger partial charge in [0.2, 0.25) is 0 Å². The summed E-state index contributed by atoms with van der Waals surface area (Å²) in [6.45, 7) is 4.21. The summed E-state index contributed by atoms with van der Waals surface area (Å²) in [5.41, 5.74) is -0.720. The molecule has 0 aromatic rings. The van der Waals surface area contributed by atoms with Crippen molar-refractivity contribution in [3.8, 4) is 0 Å². The number of aliphatic hydroxyl groups is 2. The fourth-order valence-electron chi connectivity index (χ4n) is 6.95. The smallest absolute Gasteiger partial charge is 0.303 e. The maximum absolute atomic E-state index is 11.9. The molecule has 2 fully saturated rings. The molecule has 0 aliphatic heterocycles. The van der Waals surface area contributed by atoms with Gasteiger partial charge in [-0.05, 0) is 61.0 Å². The SMILES string of the molecule is C[C@]12CCC(=O)C=C1C=C[C@@H]1[C@@H]2[C@H](O)C[C@@]2(C)[C@H]1CC[C@@]2(O)CCC(=O)O. The van der Waals surface area contributed by atoms with E-state index in [1.807, 2.05) is 6.92 Å². The van der Waals surface area contributed by atoms with Crippen LogP contribution in [0.25, 0.3) is 0 Å². The van der Waals surface area contributed by atoms with E-state index < -0.39 is 23.1 Å². The van der Waals surface area contributed by atoms with Crippen molar-refractivity contribution < 1.29 is 24.9 Å². The van der Waals surface area contributed by atoms with E-state index in [0.29, 0.717) is 19.3 Å². The number of carboxylic acid groups (broad SMARTS) is 1. The molecule has 0 aromatic heterocycles. The van der Waals surface area contributed by atoms with Gasteiger partial charge >= 0.3 is 5.97 Å². The summed E-state index contributed by atoms with van der Waals surface area (Å²) in [7, 11) is 0. The molecule has 4 aliphatic rings. The Hall–Kier alpha value is -1.46. The van der Waals surface area contributed by atoms with Crippen molar-refractivity contribution in [2.45, 2.75) is 70.5 Å². The molecule has 2 saturated carbocycles. The van der Waals surface area contributed by atoms with Gasteiger partial charge in [0, 0.05) is 24.2 Å². The summed E-state index contributed by atoms with van der Waals surface area (Å²) in [6.07, 6.45) is 8.76. The van der Waals surface area contributed by atoms with Gasteiger partial charge in [0.05, 0.1) is 11.7 Å². The Morgan fingerprint density at radius 2 is 2.04 bits per heavy atom. The molecule has 3 N–H and O–H groups in total. The second kappa shape index (κ2) is 6.02. The number of carbonyl (C=O) groups excluding carboxylic acids is 1. The largest absolute Gasteiger partial charge is 0.481 e. The molecule has 0 unspecified atom stereocenters. The lowest BCUT2D eigenvalue weighted by atomic mass is 9.47. The first-order valence-electron chi connectivity index (χ1n) is 10.2. The van der Waals surface area contributed by atoms with Crippen molar-refractivity contribution in [1.82, 2.24) is 0 Å². The predicted octanol–water partition coefficient (Wildman–Crippen LogP) is 2.86. The van der Waals surface area contributed by atoms with Crippen LogP contribution >= 0.6 is 0 Å². The van der Waals surface area contributed by atoms with Crippen LogP contribution in [0.1, 0.15) is 58.8 Å².